The van der Waals surface area contributed by atoms with Gasteiger partial charge in [0.2, 0.25) is 0 Å². The molecule has 4 N–H and O–H groups in total. The number of aromatic nitrogens is 2. The molecule has 10 heteroatoms. The molecule has 1 amide bonds. The van der Waals surface area contributed by atoms with Crippen molar-refractivity contribution in [1.29, 1.82) is 0 Å². The van der Waals surface area contributed by atoms with Gasteiger partial charge in [0, 0.05) is 18.7 Å². The molecule has 0 unspecified atom stereocenters. The van der Waals surface area contributed by atoms with Crippen LogP contribution in [-0.2, 0) is 15.0 Å². The SMILES string of the molecule is C=CCOC(=O)NCC#Cc1cn([C@H]2C[C@H](NC(c3ccccc3)(c3ccccc3)c3ccccc3)[C@@H](CO)O2)c(=O)[nH]c1=O. The van der Waals surface area contributed by atoms with E-state index in [9.17, 15) is 19.5 Å². The van der Waals surface area contributed by atoms with E-state index in [2.05, 4.69) is 70.4 Å². The van der Waals surface area contributed by atoms with Crippen LogP contribution in [0, 0.1) is 11.8 Å². The summed E-state index contributed by atoms with van der Waals surface area (Å²) in [5, 5.41) is 16.7. The lowest BCUT2D eigenvalue weighted by Gasteiger charge is -2.40. The van der Waals surface area contributed by atoms with Crippen LogP contribution in [0.1, 0.15) is 34.9 Å². The zero-order chi connectivity index (χ0) is 31.6. The molecule has 0 bridgehead atoms. The highest BCUT2D eigenvalue weighted by Gasteiger charge is 2.44. The Morgan fingerprint density at radius 2 is 1.60 bits per heavy atom. The largest absolute Gasteiger partial charge is 0.445 e. The molecule has 3 atom stereocenters. The maximum atomic E-state index is 13.0. The van der Waals surface area contributed by atoms with E-state index in [-0.39, 0.29) is 25.3 Å². The third-order valence-electron chi connectivity index (χ3n) is 7.59. The van der Waals surface area contributed by atoms with Crippen molar-refractivity contribution in [2.24, 2.45) is 0 Å². The van der Waals surface area contributed by atoms with Crippen molar-refractivity contribution in [3.8, 4) is 11.8 Å². The highest BCUT2D eigenvalue weighted by molar-refractivity contribution is 5.67. The Bertz CT molecular complexity index is 1680. The fraction of sp³-hybridized carbons (Fsp3) is 0.229. The zero-order valence-electron chi connectivity index (χ0n) is 24.5. The van der Waals surface area contributed by atoms with Gasteiger partial charge in [-0.2, -0.15) is 0 Å². The zero-order valence-corrected chi connectivity index (χ0v) is 24.5. The van der Waals surface area contributed by atoms with Crippen molar-refractivity contribution in [3.63, 3.8) is 0 Å². The molecule has 0 aliphatic carbocycles. The van der Waals surface area contributed by atoms with E-state index < -0.39 is 41.3 Å². The van der Waals surface area contributed by atoms with Crippen LogP contribution in [0.15, 0.2) is 119 Å². The number of alkyl carbamates (subject to hydrolysis) is 1. The van der Waals surface area contributed by atoms with Crippen molar-refractivity contribution in [3.05, 3.63) is 153 Å². The summed E-state index contributed by atoms with van der Waals surface area (Å²) in [4.78, 5) is 39.4. The predicted molar refractivity (Wildman–Crippen MR) is 169 cm³/mol. The van der Waals surface area contributed by atoms with E-state index in [1.54, 1.807) is 0 Å². The van der Waals surface area contributed by atoms with Gasteiger partial charge in [0.05, 0.1) is 24.8 Å². The number of nitrogens with zero attached hydrogens (tertiary/aromatic N) is 1. The van der Waals surface area contributed by atoms with Crippen molar-refractivity contribution < 1.29 is 19.4 Å². The molecule has 0 spiro atoms. The summed E-state index contributed by atoms with van der Waals surface area (Å²) in [7, 11) is 0. The maximum absolute atomic E-state index is 13.0. The third kappa shape index (κ3) is 6.97. The van der Waals surface area contributed by atoms with Crippen molar-refractivity contribution in [1.82, 2.24) is 20.2 Å². The highest BCUT2D eigenvalue weighted by Crippen LogP contribution is 2.40. The minimum Gasteiger partial charge on any atom is -0.445 e. The number of aliphatic hydroxyl groups is 1. The smallest absolute Gasteiger partial charge is 0.408 e. The number of carbonyl (C=O) groups is 1. The summed E-state index contributed by atoms with van der Waals surface area (Å²) in [6.45, 7) is 3.15. The number of aliphatic hydroxyl groups excluding tert-OH is 1. The number of aromatic amines is 1. The molecule has 1 aromatic heterocycles. The quantitative estimate of drug-likeness (QED) is 0.124. The molecule has 1 saturated heterocycles. The molecular formula is C35H34N4O6. The van der Waals surface area contributed by atoms with E-state index in [0.29, 0.717) is 6.42 Å². The first kappa shape index (κ1) is 31.2. The topological polar surface area (TPSA) is 135 Å². The number of ether oxygens (including phenoxy) is 2. The standard InChI is InChI=1S/C35H34N4O6/c1-2-21-44-34(43)36-20-12-13-25-23-39(33(42)37-32(25)41)31-22-29(30(24-40)45-31)38-35(26-14-6-3-7-15-26,27-16-8-4-9-17-27)28-18-10-5-11-19-28/h2-11,14-19,23,29-31,38,40H,1,20-22,24H2,(H,36,43)(H,37,41,42)/t29-,30+,31+/m0/s1. The second-order valence-electron chi connectivity index (χ2n) is 10.4. The lowest BCUT2D eigenvalue weighted by atomic mass is 9.76. The Kier molecular flexibility index (Phi) is 10.1. The van der Waals surface area contributed by atoms with Gasteiger partial charge in [-0.3, -0.25) is 19.7 Å². The van der Waals surface area contributed by atoms with E-state index in [1.165, 1.54) is 16.8 Å². The molecule has 0 radical (unpaired) electrons. The number of amides is 1. The Morgan fingerprint density at radius 3 is 2.13 bits per heavy atom. The number of hydrogen-bond acceptors (Lipinski definition) is 7. The number of H-pyrrole nitrogens is 1. The first-order valence-electron chi connectivity index (χ1n) is 14.5. The van der Waals surface area contributed by atoms with E-state index >= 15 is 0 Å². The summed E-state index contributed by atoms with van der Waals surface area (Å²) in [5.74, 6) is 5.38. The van der Waals surface area contributed by atoms with Crippen LogP contribution >= 0.6 is 0 Å². The van der Waals surface area contributed by atoms with Gasteiger partial charge in [0.1, 0.15) is 18.4 Å². The van der Waals surface area contributed by atoms with Gasteiger partial charge in [-0.05, 0) is 16.7 Å². The molecule has 5 rings (SSSR count). The molecule has 4 aromatic rings. The summed E-state index contributed by atoms with van der Waals surface area (Å²) in [6, 6.07) is 29.7. The van der Waals surface area contributed by atoms with Crippen LogP contribution in [0.3, 0.4) is 0 Å². The Labute approximate surface area is 260 Å². The summed E-state index contributed by atoms with van der Waals surface area (Å²) < 4.78 is 12.3. The van der Waals surface area contributed by atoms with Crippen molar-refractivity contribution >= 4 is 6.09 Å². The van der Waals surface area contributed by atoms with Gasteiger partial charge < -0.3 is 19.9 Å². The van der Waals surface area contributed by atoms with E-state index in [0.717, 1.165) is 16.7 Å². The van der Waals surface area contributed by atoms with Crippen LogP contribution in [0.2, 0.25) is 0 Å². The second-order valence-corrected chi connectivity index (χ2v) is 10.4. The van der Waals surface area contributed by atoms with Crippen LogP contribution in [0.25, 0.3) is 0 Å². The Hall–Kier alpha value is -5.21. The van der Waals surface area contributed by atoms with Crippen LogP contribution in [-0.4, -0.2) is 52.7 Å². The molecule has 1 aliphatic heterocycles. The lowest BCUT2D eigenvalue weighted by Crippen LogP contribution is -2.53. The lowest BCUT2D eigenvalue weighted by molar-refractivity contribution is -0.0301. The highest BCUT2D eigenvalue weighted by atomic mass is 16.5. The summed E-state index contributed by atoms with van der Waals surface area (Å²) in [5.41, 5.74) is 0.825. The van der Waals surface area contributed by atoms with Gasteiger partial charge in [0.15, 0.2) is 0 Å². The molecule has 0 saturated carbocycles. The van der Waals surface area contributed by atoms with Gasteiger partial charge in [-0.1, -0.05) is 115 Å². The Balaban J connectivity index is 1.47. The fourth-order valence-corrected chi connectivity index (χ4v) is 5.54. The fourth-order valence-electron chi connectivity index (χ4n) is 5.54. The molecule has 45 heavy (non-hydrogen) atoms. The third-order valence-corrected chi connectivity index (χ3v) is 7.59. The van der Waals surface area contributed by atoms with Crippen LogP contribution < -0.4 is 21.9 Å². The average molecular weight is 607 g/mol. The number of hydrogen-bond donors (Lipinski definition) is 4. The van der Waals surface area contributed by atoms with E-state index in [1.807, 2.05) is 54.6 Å². The number of rotatable bonds is 10. The minimum atomic E-state index is -0.827. The van der Waals surface area contributed by atoms with Gasteiger partial charge in [-0.15, -0.1) is 0 Å². The Morgan fingerprint density at radius 1 is 1.02 bits per heavy atom. The first-order chi connectivity index (χ1) is 22.0. The maximum Gasteiger partial charge on any atom is 0.408 e. The normalized spacial score (nSPS) is 17.6. The molecule has 1 fully saturated rings. The predicted octanol–water partition coefficient (Wildman–Crippen LogP) is 3.03. The molecule has 2 heterocycles. The molecular weight excluding hydrogens is 572 g/mol. The first-order valence-corrected chi connectivity index (χ1v) is 14.5. The molecule has 230 valence electrons. The summed E-state index contributed by atoms with van der Waals surface area (Å²) in [6.07, 6.45) is 0.917. The van der Waals surface area contributed by atoms with Crippen molar-refractivity contribution in [2.45, 2.75) is 30.3 Å². The second kappa shape index (κ2) is 14.5. The van der Waals surface area contributed by atoms with Gasteiger partial charge in [-0.25, -0.2) is 9.59 Å². The van der Waals surface area contributed by atoms with Gasteiger partial charge >= 0.3 is 11.8 Å². The van der Waals surface area contributed by atoms with Crippen LogP contribution in [0.4, 0.5) is 4.79 Å². The van der Waals surface area contributed by atoms with Crippen molar-refractivity contribution in [2.75, 3.05) is 19.8 Å². The number of carbonyl (C=O) groups excluding carboxylic acids is 1. The summed E-state index contributed by atoms with van der Waals surface area (Å²) >= 11 is 0. The molecule has 1 aliphatic rings. The molecule has 10 nitrogen and oxygen atoms in total. The minimum absolute atomic E-state index is 0.0172. The number of benzene rings is 3. The van der Waals surface area contributed by atoms with Crippen LogP contribution in [0.5, 0.6) is 0 Å². The van der Waals surface area contributed by atoms with Gasteiger partial charge in [0.25, 0.3) is 5.56 Å². The number of nitrogens with one attached hydrogen (secondary N) is 3. The molecule has 3 aromatic carbocycles. The monoisotopic (exact) mass is 606 g/mol. The van der Waals surface area contributed by atoms with E-state index in [4.69, 9.17) is 9.47 Å². The average Bonchev–Trinajstić information content (AvgIpc) is 3.48.